The summed E-state index contributed by atoms with van der Waals surface area (Å²) < 4.78 is 0. The van der Waals surface area contributed by atoms with E-state index in [4.69, 9.17) is 23.2 Å². The van der Waals surface area contributed by atoms with Crippen molar-refractivity contribution >= 4 is 46.5 Å². The van der Waals surface area contributed by atoms with Crippen LogP contribution in [0.1, 0.15) is 32.8 Å². The number of carbonyl (C=O) groups excluding carboxylic acids is 2. The third kappa shape index (κ3) is 5.38. The Labute approximate surface area is 163 Å². The average molecular weight is 394 g/mol. The van der Waals surface area contributed by atoms with Crippen LogP contribution in [0.15, 0.2) is 42.5 Å². The Morgan fingerprint density at radius 3 is 2.04 bits per heavy atom. The van der Waals surface area contributed by atoms with Crippen molar-refractivity contribution < 1.29 is 9.59 Å². The number of benzene rings is 2. The molecule has 0 heterocycles. The Hall–Kier alpha value is -2.24. The monoisotopic (exact) mass is 393 g/mol. The maximum Gasteiger partial charge on any atom is 0.319 e. The van der Waals surface area contributed by atoms with E-state index in [0.717, 1.165) is 5.56 Å². The van der Waals surface area contributed by atoms with E-state index in [2.05, 4.69) is 16.0 Å². The molecule has 0 spiro atoms. The van der Waals surface area contributed by atoms with Gasteiger partial charge in [-0.1, -0.05) is 36.2 Å². The normalized spacial score (nSPS) is 11.0. The van der Waals surface area contributed by atoms with Crippen molar-refractivity contribution in [3.8, 4) is 0 Å². The van der Waals surface area contributed by atoms with E-state index in [-0.39, 0.29) is 11.9 Å². The van der Waals surface area contributed by atoms with Gasteiger partial charge in [-0.05, 0) is 55.8 Å². The van der Waals surface area contributed by atoms with Gasteiger partial charge in [-0.2, -0.15) is 0 Å². The fraction of sp³-hybridized carbons (Fsp3) is 0.263. The Morgan fingerprint density at radius 2 is 1.50 bits per heavy atom. The summed E-state index contributed by atoms with van der Waals surface area (Å²) in [6.07, 6.45) is 0.409. The van der Waals surface area contributed by atoms with Gasteiger partial charge in [-0.15, -0.1) is 0 Å². The summed E-state index contributed by atoms with van der Waals surface area (Å²) in [4.78, 5) is 23.7. The summed E-state index contributed by atoms with van der Waals surface area (Å²) in [5.74, 6) is -0.0631. The molecule has 26 heavy (non-hydrogen) atoms. The lowest BCUT2D eigenvalue weighted by Gasteiger charge is -2.27. The number of anilines is 2. The molecular formula is C19H21Cl2N3O2. The number of amides is 3. The Bertz CT molecular complexity index is 805. The van der Waals surface area contributed by atoms with Crippen LogP contribution in [0, 0.1) is 0 Å². The first-order valence-electron chi connectivity index (χ1n) is 8.16. The van der Waals surface area contributed by atoms with Gasteiger partial charge in [0.2, 0.25) is 5.91 Å². The minimum atomic E-state index is -0.645. The third-order valence-electron chi connectivity index (χ3n) is 3.81. The molecule has 0 aliphatic heterocycles. The topological polar surface area (TPSA) is 70.2 Å². The van der Waals surface area contributed by atoms with Crippen LogP contribution in [0.2, 0.25) is 10.0 Å². The standard InChI is InChI=1S/C19H21Cl2N3O2/c1-4-17(25)22-13-6-8-14(9-7-13)23-18(26)24-19(2,3)12-5-10-15(20)16(21)11-12/h5-11H,4H2,1-3H3,(H,22,25)(H2,23,24,26). The number of carbonyl (C=O) groups is 2. The lowest BCUT2D eigenvalue weighted by Crippen LogP contribution is -2.43. The molecule has 0 saturated carbocycles. The van der Waals surface area contributed by atoms with Gasteiger partial charge in [-0.3, -0.25) is 4.79 Å². The molecule has 0 aromatic heterocycles. The minimum Gasteiger partial charge on any atom is -0.329 e. The Balaban J connectivity index is 2.00. The third-order valence-corrected chi connectivity index (χ3v) is 4.55. The summed E-state index contributed by atoms with van der Waals surface area (Å²) in [6.45, 7) is 5.52. The largest absolute Gasteiger partial charge is 0.329 e. The van der Waals surface area contributed by atoms with Crippen LogP contribution < -0.4 is 16.0 Å². The van der Waals surface area contributed by atoms with Crippen LogP contribution in [0.3, 0.4) is 0 Å². The number of hydrogen-bond acceptors (Lipinski definition) is 2. The SMILES string of the molecule is CCC(=O)Nc1ccc(NC(=O)NC(C)(C)c2ccc(Cl)c(Cl)c2)cc1. The molecular weight excluding hydrogens is 373 g/mol. The maximum absolute atomic E-state index is 12.3. The highest BCUT2D eigenvalue weighted by atomic mass is 35.5. The fourth-order valence-electron chi connectivity index (χ4n) is 2.29. The molecule has 7 heteroatoms. The van der Waals surface area contributed by atoms with Crippen molar-refractivity contribution in [3.63, 3.8) is 0 Å². The van der Waals surface area contributed by atoms with E-state index < -0.39 is 5.54 Å². The van der Waals surface area contributed by atoms with Crippen LogP contribution >= 0.6 is 23.2 Å². The molecule has 5 nitrogen and oxygen atoms in total. The lowest BCUT2D eigenvalue weighted by molar-refractivity contribution is -0.115. The molecule has 0 unspecified atom stereocenters. The highest BCUT2D eigenvalue weighted by Gasteiger charge is 2.23. The van der Waals surface area contributed by atoms with Gasteiger partial charge < -0.3 is 16.0 Å². The van der Waals surface area contributed by atoms with E-state index in [0.29, 0.717) is 27.8 Å². The fourth-order valence-corrected chi connectivity index (χ4v) is 2.59. The predicted octanol–water partition coefficient (Wildman–Crippen LogP) is 5.40. The zero-order chi connectivity index (χ0) is 19.3. The molecule has 0 atom stereocenters. The van der Waals surface area contributed by atoms with E-state index in [1.165, 1.54) is 0 Å². The van der Waals surface area contributed by atoms with Crippen molar-refractivity contribution in [1.82, 2.24) is 5.32 Å². The zero-order valence-corrected chi connectivity index (χ0v) is 16.3. The van der Waals surface area contributed by atoms with E-state index in [1.54, 1.807) is 43.3 Å². The van der Waals surface area contributed by atoms with Gasteiger partial charge in [0.1, 0.15) is 0 Å². The van der Waals surface area contributed by atoms with Crippen LogP contribution in [0.5, 0.6) is 0 Å². The highest BCUT2D eigenvalue weighted by Crippen LogP contribution is 2.28. The molecule has 0 bridgehead atoms. The second-order valence-electron chi connectivity index (χ2n) is 6.31. The maximum atomic E-state index is 12.3. The second-order valence-corrected chi connectivity index (χ2v) is 7.13. The number of rotatable bonds is 5. The molecule has 2 aromatic carbocycles. The first-order chi connectivity index (χ1) is 12.2. The number of hydrogen-bond donors (Lipinski definition) is 3. The smallest absolute Gasteiger partial charge is 0.319 e. The van der Waals surface area contributed by atoms with Crippen molar-refractivity contribution in [2.75, 3.05) is 10.6 Å². The van der Waals surface area contributed by atoms with Crippen molar-refractivity contribution in [2.45, 2.75) is 32.7 Å². The summed E-state index contributed by atoms with van der Waals surface area (Å²) in [7, 11) is 0. The molecule has 3 N–H and O–H groups in total. The minimum absolute atomic E-state index is 0.0631. The predicted molar refractivity (Wildman–Crippen MR) is 107 cm³/mol. The second kappa shape index (κ2) is 8.43. The van der Waals surface area contributed by atoms with Crippen molar-refractivity contribution in [3.05, 3.63) is 58.1 Å². The molecule has 2 aromatic rings. The van der Waals surface area contributed by atoms with E-state index in [1.807, 2.05) is 19.9 Å². The summed E-state index contributed by atoms with van der Waals surface area (Å²) in [6, 6.07) is 11.8. The number of urea groups is 1. The van der Waals surface area contributed by atoms with Gasteiger partial charge in [0.15, 0.2) is 0 Å². The van der Waals surface area contributed by atoms with Gasteiger partial charge in [-0.25, -0.2) is 4.79 Å². The first kappa shape index (κ1) is 20.1. The molecule has 0 fully saturated rings. The lowest BCUT2D eigenvalue weighted by atomic mass is 9.94. The van der Waals surface area contributed by atoms with E-state index in [9.17, 15) is 9.59 Å². The number of nitrogens with one attached hydrogen (secondary N) is 3. The van der Waals surface area contributed by atoms with Crippen LogP contribution in [-0.2, 0) is 10.3 Å². The van der Waals surface area contributed by atoms with Gasteiger partial charge in [0.05, 0.1) is 15.6 Å². The van der Waals surface area contributed by atoms with Gasteiger partial charge >= 0.3 is 6.03 Å². The molecule has 0 aliphatic carbocycles. The van der Waals surface area contributed by atoms with Gasteiger partial charge in [0, 0.05) is 17.8 Å². The number of halogens is 2. The molecule has 0 radical (unpaired) electrons. The summed E-state index contributed by atoms with van der Waals surface area (Å²) in [5, 5.41) is 9.32. The first-order valence-corrected chi connectivity index (χ1v) is 8.91. The summed E-state index contributed by atoms with van der Waals surface area (Å²) >= 11 is 12.0. The average Bonchev–Trinajstić information content (AvgIpc) is 2.58. The van der Waals surface area contributed by atoms with E-state index >= 15 is 0 Å². The van der Waals surface area contributed by atoms with Crippen LogP contribution in [0.25, 0.3) is 0 Å². The molecule has 3 amide bonds. The van der Waals surface area contributed by atoms with Crippen LogP contribution in [0.4, 0.5) is 16.2 Å². The van der Waals surface area contributed by atoms with Crippen molar-refractivity contribution in [2.24, 2.45) is 0 Å². The Kier molecular flexibility index (Phi) is 6.51. The molecule has 138 valence electrons. The molecule has 0 aliphatic rings. The van der Waals surface area contributed by atoms with Gasteiger partial charge in [0.25, 0.3) is 0 Å². The zero-order valence-electron chi connectivity index (χ0n) is 14.8. The summed E-state index contributed by atoms with van der Waals surface area (Å²) in [5.41, 5.74) is 1.48. The van der Waals surface area contributed by atoms with Crippen LogP contribution in [-0.4, -0.2) is 11.9 Å². The molecule has 0 saturated heterocycles. The Morgan fingerprint density at radius 1 is 0.923 bits per heavy atom. The van der Waals surface area contributed by atoms with Crippen molar-refractivity contribution in [1.29, 1.82) is 0 Å². The highest BCUT2D eigenvalue weighted by molar-refractivity contribution is 6.42. The quantitative estimate of drug-likeness (QED) is 0.636. The molecule has 2 rings (SSSR count).